The fraction of sp³-hybridized carbons (Fsp3) is 0.0833. The van der Waals surface area contributed by atoms with Gasteiger partial charge in [0, 0.05) is 22.4 Å². The number of aromatic nitrogens is 2. The zero-order valence-electron chi connectivity index (χ0n) is 17.0. The molecule has 154 valence electrons. The maximum Gasteiger partial charge on any atom is 0.270 e. The third kappa shape index (κ3) is 4.84. The fourth-order valence-electron chi connectivity index (χ4n) is 3.08. The number of aryl methyl sites for hydroxylation is 2. The van der Waals surface area contributed by atoms with Crippen LogP contribution in [-0.4, -0.2) is 21.8 Å². The molecule has 0 bridgehead atoms. The summed E-state index contributed by atoms with van der Waals surface area (Å²) in [6, 6.07) is 17.1. The Kier molecular flexibility index (Phi) is 5.86. The van der Waals surface area contributed by atoms with E-state index in [0.717, 1.165) is 16.1 Å². The van der Waals surface area contributed by atoms with E-state index >= 15 is 0 Å². The van der Waals surface area contributed by atoms with Gasteiger partial charge in [0.2, 0.25) is 0 Å². The van der Waals surface area contributed by atoms with E-state index in [2.05, 4.69) is 15.8 Å². The Morgan fingerprint density at radius 3 is 2.48 bits per heavy atom. The monoisotopic (exact) mass is 428 g/mol. The second kappa shape index (κ2) is 8.89. The molecule has 4 aromatic rings. The second-order valence-corrected chi connectivity index (χ2v) is 8.07. The summed E-state index contributed by atoms with van der Waals surface area (Å²) < 4.78 is 0. The highest BCUT2D eigenvalue weighted by molar-refractivity contribution is 7.09. The Bertz CT molecular complexity index is 1290. The van der Waals surface area contributed by atoms with Gasteiger partial charge in [-0.3, -0.25) is 20.4 Å². The number of rotatable bonds is 4. The number of fused-ring (bicyclic) bond motifs is 1. The van der Waals surface area contributed by atoms with E-state index in [1.165, 1.54) is 17.4 Å². The van der Waals surface area contributed by atoms with E-state index in [4.69, 9.17) is 4.98 Å². The first kappa shape index (κ1) is 20.4. The molecule has 0 saturated heterocycles. The van der Waals surface area contributed by atoms with E-state index in [0.29, 0.717) is 27.9 Å². The summed E-state index contributed by atoms with van der Waals surface area (Å²) in [5, 5.41) is 3.48. The molecule has 7 heteroatoms. The average Bonchev–Trinajstić information content (AvgIpc) is 3.21. The van der Waals surface area contributed by atoms with Crippen molar-refractivity contribution in [2.75, 3.05) is 0 Å². The SMILES string of the molecule is Cc1ccc(-c2cc(C(=O)NNC(=O)/C=C/c3csc(C)n3)c3ccccc3n2)cc1. The molecule has 0 aliphatic heterocycles. The summed E-state index contributed by atoms with van der Waals surface area (Å²) >= 11 is 1.50. The molecule has 0 unspecified atom stereocenters. The fourth-order valence-corrected chi connectivity index (χ4v) is 3.66. The molecule has 2 N–H and O–H groups in total. The highest BCUT2D eigenvalue weighted by Crippen LogP contribution is 2.25. The Morgan fingerprint density at radius 2 is 1.74 bits per heavy atom. The van der Waals surface area contributed by atoms with E-state index in [9.17, 15) is 9.59 Å². The largest absolute Gasteiger partial charge is 0.270 e. The Labute approximate surface area is 183 Å². The molecule has 31 heavy (non-hydrogen) atoms. The van der Waals surface area contributed by atoms with E-state index in [1.807, 2.05) is 67.8 Å². The summed E-state index contributed by atoms with van der Waals surface area (Å²) in [4.78, 5) is 33.9. The van der Waals surface area contributed by atoms with Crippen molar-refractivity contribution in [2.24, 2.45) is 0 Å². The number of nitrogens with one attached hydrogen (secondary N) is 2. The van der Waals surface area contributed by atoms with Crippen LogP contribution in [0, 0.1) is 13.8 Å². The van der Waals surface area contributed by atoms with Gasteiger partial charge in [-0.2, -0.15) is 0 Å². The number of carbonyl (C=O) groups excluding carboxylic acids is 2. The van der Waals surface area contributed by atoms with Crippen LogP contribution >= 0.6 is 11.3 Å². The van der Waals surface area contributed by atoms with Crippen LogP contribution in [0.15, 0.2) is 66.1 Å². The topological polar surface area (TPSA) is 84.0 Å². The van der Waals surface area contributed by atoms with Crippen molar-refractivity contribution in [1.82, 2.24) is 20.8 Å². The molecule has 0 fully saturated rings. The maximum atomic E-state index is 12.9. The molecular weight excluding hydrogens is 408 g/mol. The standard InChI is InChI=1S/C24H20N4O2S/c1-15-7-9-17(10-8-15)22-13-20(19-5-3-4-6-21(19)26-22)24(30)28-27-23(29)12-11-18-14-31-16(2)25-18/h3-14H,1-2H3,(H,27,29)(H,28,30)/b12-11+. The lowest BCUT2D eigenvalue weighted by atomic mass is 10.0. The lowest BCUT2D eigenvalue weighted by Crippen LogP contribution is -2.40. The third-order valence-electron chi connectivity index (χ3n) is 4.65. The van der Waals surface area contributed by atoms with Crippen molar-refractivity contribution in [3.05, 3.63) is 87.9 Å². The number of amides is 2. The number of para-hydroxylation sites is 1. The van der Waals surface area contributed by atoms with Gasteiger partial charge in [0.05, 0.1) is 27.5 Å². The molecule has 0 spiro atoms. The number of hydrogen-bond acceptors (Lipinski definition) is 5. The number of benzene rings is 2. The zero-order valence-corrected chi connectivity index (χ0v) is 17.9. The number of pyridine rings is 1. The van der Waals surface area contributed by atoms with Crippen LogP contribution in [0.1, 0.15) is 26.6 Å². The van der Waals surface area contributed by atoms with Crippen LogP contribution in [0.4, 0.5) is 0 Å². The summed E-state index contributed by atoms with van der Waals surface area (Å²) in [5.74, 6) is -0.866. The van der Waals surface area contributed by atoms with Gasteiger partial charge in [0.25, 0.3) is 11.8 Å². The predicted octanol–water partition coefficient (Wildman–Crippen LogP) is 4.45. The molecule has 4 rings (SSSR count). The van der Waals surface area contributed by atoms with Crippen molar-refractivity contribution in [1.29, 1.82) is 0 Å². The molecule has 2 amide bonds. The molecule has 6 nitrogen and oxygen atoms in total. The van der Waals surface area contributed by atoms with Crippen LogP contribution in [0.2, 0.25) is 0 Å². The van der Waals surface area contributed by atoms with Crippen LogP contribution in [0.5, 0.6) is 0 Å². The zero-order chi connectivity index (χ0) is 21.8. The van der Waals surface area contributed by atoms with Gasteiger partial charge in [-0.05, 0) is 32.1 Å². The van der Waals surface area contributed by atoms with Crippen LogP contribution < -0.4 is 10.9 Å². The average molecular weight is 429 g/mol. The van der Waals surface area contributed by atoms with Gasteiger partial charge >= 0.3 is 0 Å². The van der Waals surface area contributed by atoms with E-state index < -0.39 is 11.8 Å². The minimum absolute atomic E-state index is 0.418. The van der Waals surface area contributed by atoms with Crippen molar-refractivity contribution in [2.45, 2.75) is 13.8 Å². The lowest BCUT2D eigenvalue weighted by molar-refractivity contribution is -0.117. The van der Waals surface area contributed by atoms with Gasteiger partial charge in [-0.1, -0.05) is 48.0 Å². The molecule has 0 atom stereocenters. The molecule has 0 radical (unpaired) electrons. The molecule has 2 heterocycles. The Balaban J connectivity index is 1.56. The van der Waals surface area contributed by atoms with Crippen LogP contribution in [-0.2, 0) is 4.79 Å². The first-order valence-electron chi connectivity index (χ1n) is 9.67. The molecule has 0 aliphatic carbocycles. The van der Waals surface area contributed by atoms with E-state index in [1.54, 1.807) is 12.1 Å². The summed E-state index contributed by atoms with van der Waals surface area (Å²) in [6.07, 6.45) is 2.93. The smallest absolute Gasteiger partial charge is 0.268 e. The van der Waals surface area contributed by atoms with Crippen LogP contribution in [0.25, 0.3) is 28.2 Å². The number of hydrogen-bond donors (Lipinski definition) is 2. The predicted molar refractivity (Wildman–Crippen MR) is 123 cm³/mol. The van der Waals surface area contributed by atoms with Gasteiger partial charge in [-0.15, -0.1) is 11.3 Å². The van der Waals surface area contributed by atoms with Gasteiger partial charge in [0.15, 0.2) is 0 Å². The number of hydrazine groups is 1. The first-order valence-corrected chi connectivity index (χ1v) is 10.5. The molecule has 2 aromatic carbocycles. The third-order valence-corrected chi connectivity index (χ3v) is 5.44. The first-order chi connectivity index (χ1) is 15.0. The van der Waals surface area contributed by atoms with Crippen molar-refractivity contribution in [3.8, 4) is 11.3 Å². The number of thiazole rings is 1. The number of nitrogens with zero attached hydrogens (tertiary/aromatic N) is 2. The van der Waals surface area contributed by atoms with Gasteiger partial charge in [-0.25, -0.2) is 9.97 Å². The van der Waals surface area contributed by atoms with E-state index in [-0.39, 0.29) is 0 Å². The van der Waals surface area contributed by atoms with Crippen molar-refractivity contribution >= 4 is 40.1 Å². The Hall–Kier alpha value is -3.84. The highest BCUT2D eigenvalue weighted by atomic mass is 32.1. The number of carbonyl (C=O) groups is 2. The quantitative estimate of drug-likeness (QED) is 0.372. The maximum absolute atomic E-state index is 12.9. The van der Waals surface area contributed by atoms with Crippen molar-refractivity contribution < 1.29 is 9.59 Å². The summed E-state index contributed by atoms with van der Waals surface area (Å²) in [6.45, 7) is 3.91. The summed E-state index contributed by atoms with van der Waals surface area (Å²) in [7, 11) is 0. The molecule has 0 saturated carbocycles. The molecular formula is C24H20N4O2S. The minimum Gasteiger partial charge on any atom is -0.268 e. The minimum atomic E-state index is -0.448. The highest BCUT2D eigenvalue weighted by Gasteiger charge is 2.14. The summed E-state index contributed by atoms with van der Waals surface area (Å²) in [5.41, 5.74) is 9.49. The Morgan fingerprint density at radius 1 is 0.968 bits per heavy atom. The second-order valence-electron chi connectivity index (χ2n) is 7.01. The molecule has 0 aliphatic rings. The van der Waals surface area contributed by atoms with Crippen LogP contribution in [0.3, 0.4) is 0 Å². The van der Waals surface area contributed by atoms with Crippen molar-refractivity contribution in [3.63, 3.8) is 0 Å². The lowest BCUT2D eigenvalue weighted by Gasteiger charge is -2.11. The normalized spacial score (nSPS) is 11.0. The van der Waals surface area contributed by atoms with Gasteiger partial charge in [0.1, 0.15) is 0 Å². The molecule has 2 aromatic heterocycles. The van der Waals surface area contributed by atoms with Gasteiger partial charge < -0.3 is 0 Å².